The van der Waals surface area contributed by atoms with Crippen molar-refractivity contribution in [3.05, 3.63) is 50.0 Å². The van der Waals surface area contributed by atoms with Crippen molar-refractivity contribution in [3.8, 4) is 11.1 Å². The van der Waals surface area contributed by atoms with Gasteiger partial charge >= 0.3 is 11.9 Å². The van der Waals surface area contributed by atoms with Gasteiger partial charge in [0.05, 0.1) is 16.3 Å². The molecule has 0 unspecified atom stereocenters. The van der Waals surface area contributed by atoms with Gasteiger partial charge in [0.2, 0.25) is 5.69 Å². The Bertz CT molecular complexity index is 1600. The van der Waals surface area contributed by atoms with Crippen molar-refractivity contribution in [2.45, 2.75) is 33.5 Å². The van der Waals surface area contributed by atoms with Crippen molar-refractivity contribution in [3.63, 3.8) is 0 Å². The molecule has 4 heterocycles. The first-order valence-corrected chi connectivity index (χ1v) is 11.4. The van der Waals surface area contributed by atoms with Crippen LogP contribution in [0.1, 0.15) is 44.2 Å². The molecule has 0 radical (unpaired) electrons. The van der Waals surface area contributed by atoms with Gasteiger partial charge in [-0.05, 0) is 32.4 Å². The number of anilines is 1. The average Bonchev–Trinajstić information content (AvgIpc) is 3.44. The van der Waals surface area contributed by atoms with Gasteiger partial charge in [0.25, 0.3) is 11.8 Å². The third-order valence-electron chi connectivity index (χ3n) is 5.56. The largest absolute Gasteiger partial charge is 0.433 e. The molecule has 4 aromatic heterocycles. The maximum absolute atomic E-state index is 13.7. The van der Waals surface area contributed by atoms with Crippen LogP contribution in [0, 0.1) is 24.0 Å². The highest BCUT2D eigenvalue weighted by Gasteiger charge is 2.36. The minimum Gasteiger partial charge on any atom is -0.365 e. The molecule has 0 aromatic carbocycles. The molecule has 0 aliphatic carbocycles. The van der Waals surface area contributed by atoms with E-state index in [2.05, 4.69) is 20.5 Å². The van der Waals surface area contributed by atoms with Crippen LogP contribution >= 0.6 is 11.3 Å². The van der Waals surface area contributed by atoms with Crippen molar-refractivity contribution in [1.29, 1.82) is 0 Å². The summed E-state index contributed by atoms with van der Waals surface area (Å²) in [5.74, 6) is -2.04. The summed E-state index contributed by atoms with van der Waals surface area (Å²) in [6.07, 6.45) is -3.28. The number of rotatable bonds is 6. The normalized spacial score (nSPS) is 11.8. The molecule has 0 spiro atoms. The highest BCUT2D eigenvalue weighted by atomic mass is 32.1. The topological polar surface area (TPSA) is 164 Å². The minimum atomic E-state index is -4.81. The number of fused-ring (bicyclic) bond motifs is 1. The van der Waals surface area contributed by atoms with Crippen LogP contribution in [0.3, 0.4) is 0 Å². The molecule has 3 N–H and O–H groups in total. The molecule has 0 atom stereocenters. The van der Waals surface area contributed by atoms with E-state index < -0.39 is 40.0 Å². The van der Waals surface area contributed by atoms with Gasteiger partial charge in [-0.3, -0.25) is 29.1 Å². The lowest BCUT2D eigenvalue weighted by Crippen LogP contribution is -2.20. The van der Waals surface area contributed by atoms with Crippen molar-refractivity contribution in [2.75, 3.05) is 5.32 Å². The summed E-state index contributed by atoms with van der Waals surface area (Å²) in [6, 6.07) is 0.802. The van der Waals surface area contributed by atoms with E-state index in [9.17, 15) is 32.9 Å². The summed E-state index contributed by atoms with van der Waals surface area (Å²) in [4.78, 5) is 39.5. The van der Waals surface area contributed by atoms with Crippen LogP contribution in [0.4, 0.5) is 24.5 Å². The van der Waals surface area contributed by atoms with Crippen molar-refractivity contribution < 1.29 is 27.7 Å². The van der Waals surface area contributed by atoms with Crippen LogP contribution in [0.25, 0.3) is 21.3 Å². The Morgan fingerprint density at radius 1 is 1.22 bits per heavy atom. The molecule has 4 rings (SSSR count). The molecular weight excluding hydrogens is 517 g/mol. The molecule has 0 aliphatic rings. The first kappa shape index (κ1) is 25.7. The Morgan fingerprint density at radius 3 is 2.43 bits per heavy atom. The number of pyridine rings is 1. The molecule has 37 heavy (non-hydrogen) atoms. The van der Waals surface area contributed by atoms with Gasteiger partial charge in [-0.15, -0.1) is 11.3 Å². The molecule has 0 aliphatic heterocycles. The SMILES string of the molecule is CCn1cc(-c2cc(C(F)(F)F)nc3sc(C(N)=O)c(NC(=O)c4c([N+](=O)[O-])c(C)nn4C)c23)c(C)n1. The van der Waals surface area contributed by atoms with Gasteiger partial charge in [-0.2, -0.15) is 23.4 Å². The number of carbonyl (C=O) groups is 2. The van der Waals surface area contributed by atoms with Gasteiger partial charge in [0.15, 0.2) is 0 Å². The number of primary amides is 1. The Kier molecular flexibility index (Phi) is 6.23. The number of amides is 2. The highest BCUT2D eigenvalue weighted by Crippen LogP contribution is 2.44. The van der Waals surface area contributed by atoms with E-state index in [4.69, 9.17) is 5.73 Å². The van der Waals surface area contributed by atoms with E-state index in [1.54, 1.807) is 13.8 Å². The van der Waals surface area contributed by atoms with Gasteiger partial charge < -0.3 is 11.1 Å². The second-order valence-electron chi connectivity index (χ2n) is 8.00. The van der Waals surface area contributed by atoms with Crippen LogP contribution in [-0.2, 0) is 19.8 Å². The fourth-order valence-corrected chi connectivity index (χ4v) is 4.99. The number of nitrogens with one attached hydrogen (secondary N) is 1. The number of halogens is 3. The zero-order valence-corrected chi connectivity index (χ0v) is 20.6. The lowest BCUT2D eigenvalue weighted by atomic mass is 10.0. The standard InChI is InChI=1S/C21H19F3N8O4S/c1-5-31-7-11(8(2)29-31)10-6-12(21(22,23)24)26-20-13(10)14(17(37-20)18(25)33)27-19(34)16-15(32(35)36)9(3)28-30(16)4/h6-7H,5H2,1-4H3,(H2,25,33)(H,27,34). The summed E-state index contributed by atoms with van der Waals surface area (Å²) >= 11 is 0.563. The van der Waals surface area contributed by atoms with Gasteiger partial charge in [-0.25, -0.2) is 4.98 Å². The van der Waals surface area contributed by atoms with Crippen LogP contribution in [0.5, 0.6) is 0 Å². The van der Waals surface area contributed by atoms with Crippen LogP contribution < -0.4 is 11.1 Å². The Labute approximate surface area is 210 Å². The number of nitro groups is 1. The molecule has 4 aromatic rings. The Morgan fingerprint density at radius 2 is 1.89 bits per heavy atom. The number of carbonyl (C=O) groups excluding carboxylic acids is 2. The number of nitrogens with two attached hydrogens (primary N) is 1. The number of thiophene rings is 1. The first-order chi connectivity index (χ1) is 17.2. The summed E-state index contributed by atoms with van der Waals surface area (Å²) in [5.41, 5.74) is 3.77. The Hall–Kier alpha value is -4.34. The summed E-state index contributed by atoms with van der Waals surface area (Å²) in [5, 5.41) is 22.2. The second kappa shape index (κ2) is 8.95. The van der Waals surface area contributed by atoms with E-state index in [-0.39, 0.29) is 32.0 Å². The van der Waals surface area contributed by atoms with Crippen LogP contribution in [0.2, 0.25) is 0 Å². The number of aryl methyl sites for hydroxylation is 4. The molecule has 0 bridgehead atoms. The zero-order valence-electron chi connectivity index (χ0n) is 19.8. The van der Waals surface area contributed by atoms with E-state index in [0.717, 1.165) is 10.7 Å². The number of nitrogens with zero attached hydrogens (tertiary/aromatic N) is 6. The lowest BCUT2D eigenvalue weighted by Gasteiger charge is -2.12. The second-order valence-corrected chi connectivity index (χ2v) is 9.00. The molecule has 0 saturated carbocycles. The third-order valence-corrected chi connectivity index (χ3v) is 6.66. The third kappa shape index (κ3) is 4.39. The average molecular weight is 536 g/mol. The molecule has 16 heteroatoms. The Balaban J connectivity index is 2.03. The van der Waals surface area contributed by atoms with E-state index in [0.29, 0.717) is 29.1 Å². The van der Waals surface area contributed by atoms with Crippen LogP contribution in [-0.4, -0.2) is 41.3 Å². The van der Waals surface area contributed by atoms with E-state index in [1.165, 1.54) is 24.9 Å². The molecular formula is C21H19F3N8O4S. The quantitative estimate of drug-likeness (QED) is 0.279. The molecule has 0 fully saturated rings. The zero-order chi connectivity index (χ0) is 27.4. The monoisotopic (exact) mass is 536 g/mol. The number of hydrogen-bond acceptors (Lipinski definition) is 8. The number of aromatic nitrogens is 5. The smallest absolute Gasteiger partial charge is 0.365 e. The van der Waals surface area contributed by atoms with E-state index in [1.807, 2.05) is 0 Å². The molecule has 2 amide bonds. The summed E-state index contributed by atoms with van der Waals surface area (Å²) in [7, 11) is 1.32. The van der Waals surface area contributed by atoms with Gasteiger partial charge in [-0.1, -0.05) is 0 Å². The molecule has 0 saturated heterocycles. The van der Waals surface area contributed by atoms with Gasteiger partial charge in [0.1, 0.15) is 21.1 Å². The van der Waals surface area contributed by atoms with Gasteiger partial charge in [0, 0.05) is 30.7 Å². The summed E-state index contributed by atoms with van der Waals surface area (Å²) < 4.78 is 43.7. The molecule has 194 valence electrons. The van der Waals surface area contributed by atoms with Crippen LogP contribution in [0.15, 0.2) is 12.3 Å². The van der Waals surface area contributed by atoms with Crippen molar-refractivity contribution in [1.82, 2.24) is 24.5 Å². The maximum Gasteiger partial charge on any atom is 0.433 e. The van der Waals surface area contributed by atoms with E-state index >= 15 is 0 Å². The number of hydrogen-bond donors (Lipinski definition) is 2. The fraction of sp³-hybridized carbons (Fsp3) is 0.286. The maximum atomic E-state index is 13.7. The minimum absolute atomic E-state index is 0.00395. The number of alkyl halides is 3. The summed E-state index contributed by atoms with van der Waals surface area (Å²) in [6.45, 7) is 5.18. The van der Waals surface area contributed by atoms with Crippen molar-refractivity contribution in [2.24, 2.45) is 12.8 Å². The van der Waals surface area contributed by atoms with Crippen molar-refractivity contribution >= 4 is 44.7 Å². The predicted molar refractivity (Wildman–Crippen MR) is 127 cm³/mol. The predicted octanol–water partition coefficient (Wildman–Crippen LogP) is 3.81. The lowest BCUT2D eigenvalue weighted by molar-refractivity contribution is -0.385. The molecule has 12 nitrogen and oxygen atoms in total. The highest BCUT2D eigenvalue weighted by molar-refractivity contribution is 7.21. The first-order valence-electron chi connectivity index (χ1n) is 10.6. The fourth-order valence-electron chi connectivity index (χ4n) is 3.99.